The highest BCUT2D eigenvalue weighted by Crippen LogP contribution is 2.39. The zero-order chi connectivity index (χ0) is 90.8. The normalized spacial score (nSPS) is 11.4. The van der Waals surface area contributed by atoms with E-state index in [0.717, 1.165) is 36.4 Å². The van der Waals surface area contributed by atoms with Crippen LogP contribution < -0.4 is 0 Å². The summed E-state index contributed by atoms with van der Waals surface area (Å²) in [6.07, 6.45) is 0. The van der Waals surface area contributed by atoms with Crippen LogP contribution in [0.1, 0.15) is 107 Å². The van der Waals surface area contributed by atoms with Gasteiger partial charge in [-0.25, -0.2) is 162 Å². The SMILES string of the molecule is C.C.C.O=C(Cl)c1ccc2nc3c4nc5ccc(C(=O)Cl)cc5nc4c4nc5cc(C(=O)Cl)ccc5nc4c3nc2c1.O=C(OCc1c(F)c(F)c(F)c(F)c1F)c1ccc2nc3c4nc5ccc(C(=O)OCc6c(F)c(F)c(F)c(F)c6F)cc5nc4c4nc5cc(C(=O)OCc6c(F)c(F)c(F)c(F)c6F)ccc5nc4c3nc2c1.OCc1c(F)c(F)c(F)c(F)c1F. The van der Waals surface area contributed by atoms with Crippen molar-refractivity contribution >= 4 is 201 Å². The van der Waals surface area contributed by atoms with Crippen molar-refractivity contribution in [2.24, 2.45) is 0 Å². The number of hydrogen-bond acceptors (Lipinski definition) is 22. The minimum absolute atomic E-state index is 0. The number of halogens is 23. The molecule has 0 saturated carbocycles. The van der Waals surface area contributed by atoms with Crippen LogP contribution in [-0.4, -0.2) is 98.5 Å². The predicted octanol–water partition coefficient (Wildman–Crippen LogP) is 21.0. The van der Waals surface area contributed by atoms with E-state index in [1.165, 1.54) is 24.3 Å². The third-order valence-corrected chi connectivity index (χ3v) is 19.8. The van der Waals surface area contributed by atoms with Crippen molar-refractivity contribution in [3.05, 3.63) is 281 Å². The summed E-state index contributed by atoms with van der Waals surface area (Å²) in [5.74, 6) is -48.9. The van der Waals surface area contributed by atoms with Gasteiger partial charge in [-0.15, -0.1) is 0 Å². The average molecular weight is 1870 g/mol. The molecule has 130 heavy (non-hydrogen) atoms. The molecule has 0 amide bonds. The molecule has 6 aromatic heterocycles. The number of rotatable bonds is 13. The first kappa shape index (κ1) is 92.7. The van der Waals surface area contributed by atoms with Gasteiger partial charge in [0.2, 0.25) is 23.3 Å². The highest BCUT2D eigenvalue weighted by molar-refractivity contribution is 6.68. The first-order valence-corrected chi connectivity index (χ1v) is 36.2. The van der Waals surface area contributed by atoms with Gasteiger partial charge in [-0.1, -0.05) is 22.3 Å². The maximum Gasteiger partial charge on any atom is 0.338 e. The molecule has 0 spiro atoms. The molecule has 660 valence electrons. The highest BCUT2D eigenvalue weighted by atomic mass is 35.5. The number of aromatic nitrogens is 12. The summed E-state index contributed by atoms with van der Waals surface area (Å²) in [4.78, 5) is 131. The molecule has 0 unspecified atom stereocenters. The van der Waals surface area contributed by atoms with Gasteiger partial charge in [-0.3, -0.25) is 14.4 Å². The topological polar surface area (TPSA) is 305 Å². The summed E-state index contributed by atoms with van der Waals surface area (Å²) in [5.41, 5.74) is -2.12. The van der Waals surface area contributed by atoms with Crippen molar-refractivity contribution < 1.29 is 136 Å². The van der Waals surface area contributed by atoms with E-state index >= 15 is 0 Å². The Morgan fingerprint density at radius 1 is 0.215 bits per heavy atom. The number of carbonyl (C=O) groups excluding carboxylic acids is 6. The van der Waals surface area contributed by atoms with Gasteiger partial charge in [-0.2, -0.15) is 0 Å². The molecule has 45 heteroatoms. The lowest BCUT2D eigenvalue weighted by molar-refractivity contribution is 0.0453. The van der Waals surface area contributed by atoms with Crippen LogP contribution in [0, 0.1) is 116 Å². The molecular formula is C85H39Cl3F20N12O10. The summed E-state index contributed by atoms with van der Waals surface area (Å²) < 4.78 is 286. The predicted molar refractivity (Wildman–Crippen MR) is 425 cm³/mol. The van der Waals surface area contributed by atoms with Crippen molar-refractivity contribution in [1.82, 2.24) is 59.8 Å². The fraction of sp³-hybridized carbons (Fsp3) is 0.0824. The Bertz CT molecular complexity index is 7970. The number of hydrogen-bond donors (Lipinski definition) is 1. The second kappa shape index (κ2) is 35.7. The minimum Gasteiger partial charge on any atom is -0.457 e. The number of aliphatic hydroxyl groups is 1. The maximum absolute atomic E-state index is 14.4. The molecule has 18 aromatic rings. The monoisotopic (exact) mass is 1870 g/mol. The van der Waals surface area contributed by atoms with E-state index in [0.29, 0.717) is 66.2 Å². The molecule has 12 aromatic carbocycles. The number of nitrogens with zero attached hydrogens (tertiary/aromatic N) is 12. The van der Waals surface area contributed by atoms with Crippen molar-refractivity contribution in [2.45, 2.75) is 48.7 Å². The van der Waals surface area contributed by atoms with Gasteiger partial charge in [0.25, 0.3) is 15.7 Å². The van der Waals surface area contributed by atoms with E-state index in [9.17, 15) is 117 Å². The molecule has 1 N–H and O–H groups in total. The molecule has 0 aliphatic heterocycles. The molecule has 22 nitrogen and oxygen atoms in total. The molecule has 0 radical (unpaired) electrons. The second-order valence-corrected chi connectivity index (χ2v) is 27.7. The smallest absolute Gasteiger partial charge is 0.338 e. The standard InChI is InChI=1S/C48H15F15N6O6.C27H9Cl3N6O3.C7H3F5O.3CH4/c49-25-16(26(50)32(56)37(61)31(25)55)10-73-46(70)13-1-4-19-22(7-13)67-43-40(64-19)41-44(68-23-8-14(2-5-20(23)65-41)47(71)74-11-17-27(51)33(57)38(62)34(58)28(17)52)45-42(43)66-21-6-3-15(9-24(21)69-45)48(72)75-12-18-29(53)35(59)39(63)36(60)30(18)54;28-25(37)10-1-4-13-16(7-10)34-22-19(31-13)20-23(35-17-8-11(26(29)38)2-5-14(17)32-20)24-21(22)33-15-6-3-12(27(30)39)9-18(15)36-24;8-3-2(1-13)4(9)6(11)7(12)5(3)10;;;/h1-9H,10-12H2;1-9H;13H,1H2;3*1H4. The molecule has 0 bridgehead atoms. The zero-order valence-electron chi connectivity index (χ0n) is 61.4. The van der Waals surface area contributed by atoms with E-state index in [4.69, 9.17) is 84.0 Å². The summed E-state index contributed by atoms with van der Waals surface area (Å²) in [6, 6.07) is 24.3. The van der Waals surface area contributed by atoms with Crippen LogP contribution in [0.3, 0.4) is 0 Å². The van der Waals surface area contributed by atoms with Crippen LogP contribution in [-0.2, 0) is 40.6 Å². The lowest BCUT2D eigenvalue weighted by atomic mass is 10.1. The number of aliphatic hydroxyl groups excluding tert-OH is 1. The molecule has 0 aliphatic carbocycles. The number of carbonyl (C=O) groups is 6. The number of fused-ring (bicyclic) bond motifs is 18. The lowest BCUT2D eigenvalue weighted by Gasteiger charge is -2.12. The number of benzene rings is 12. The Hall–Kier alpha value is -14.9. The van der Waals surface area contributed by atoms with Crippen molar-refractivity contribution in [3.63, 3.8) is 0 Å². The van der Waals surface area contributed by atoms with Crippen LogP contribution in [0.4, 0.5) is 87.8 Å². The van der Waals surface area contributed by atoms with E-state index in [1.54, 1.807) is 48.5 Å². The van der Waals surface area contributed by atoms with Gasteiger partial charge in [0.1, 0.15) is 86.0 Å². The van der Waals surface area contributed by atoms with Gasteiger partial charge in [0, 0.05) is 16.7 Å². The van der Waals surface area contributed by atoms with E-state index in [2.05, 4.69) is 29.9 Å². The largest absolute Gasteiger partial charge is 0.457 e. The summed E-state index contributed by atoms with van der Waals surface area (Å²) in [7, 11) is 0. The summed E-state index contributed by atoms with van der Waals surface area (Å²) >= 11 is 17.1. The van der Waals surface area contributed by atoms with Gasteiger partial charge >= 0.3 is 17.9 Å². The van der Waals surface area contributed by atoms with E-state index in [1.807, 2.05) is 0 Å². The average Bonchev–Trinajstić information content (AvgIpc) is 0.720. The van der Waals surface area contributed by atoms with E-state index < -0.39 is 204 Å². The second-order valence-electron chi connectivity index (χ2n) is 26.6. The Morgan fingerprint density at radius 3 is 0.515 bits per heavy atom. The lowest BCUT2D eigenvalue weighted by Crippen LogP contribution is -2.12. The fourth-order valence-corrected chi connectivity index (χ4v) is 13.2. The Balaban J connectivity index is 0.000000216. The highest BCUT2D eigenvalue weighted by Gasteiger charge is 2.33. The van der Waals surface area contributed by atoms with Crippen molar-refractivity contribution in [2.75, 3.05) is 0 Å². The van der Waals surface area contributed by atoms with Gasteiger partial charge in [0.05, 0.1) is 112 Å². The molecule has 0 fully saturated rings. The first-order valence-electron chi connectivity index (χ1n) is 35.1. The van der Waals surface area contributed by atoms with Crippen LogP contribution in [0.5, 0.6) is 0 Å². The molecule has 0 atom stereocenters. The summed E-state index contributed by atoms with van der Waals surface area (Å²) in [5, 5.41) is 6.42. The first-order chi connectivity index (χ1) is 60.4. The third-order valence-electron chi connectivity index (χ3n) is 19.1. The van der Waals surface area contributed by atoms with E-state index in [-0.39, 0.29) is 116 Å². The van der Waals surface area contributed by atoms with Crippen LogP contribution in [0.2, 0.25) is 0 Å². The molecule has 0 aliphatic rings. The van der Waals surface area contributed by atoms with Crippen molar-refractivity contribution in [3.8, 4) is 0 Å². The van der Waals surface area contributed by atoms with Crippen LogP contribution >= 0.6 is 34.8 Å². The van der Waals surface area contributed by atoms with Crippen molar-refractivity contribution in [1.29, 1.82) is 0 Å². The maximum atomic E-state index is 14.4. The Morgan fingerprint density at radius 2 is 0.354 bits per heavy atom. The molecule has 18 rings (SSSR count). The van der Waals surface area contributed by atoms with Gasteiger partial charge < -0.3 is 19.3 Å². The number of esters is 3. The van der Waals surface area contributed by atoms with Crippen LogP contribution in [0.15, 0.2) is 109 Å². The molecule has 6 heterocycles. The summed E-state index contributed by atoms with van der Waals surface area (Å²) in [6.45, 7) is -5.48. The minimum atomic E-state index is -2.45. The third kappa shape index (κ3) is 16.2. The zero-order valence-corrected chi connectivity index (χ0v) is 63.7. The molecule has 0 saturated heterocycles. The Kier molecular flexibility index (Phi) is 25.5. The number of ether oxygens (including phenoxy) is 3. The fourth-order valence-electron chi connectivity index (χ4n) is 12.8. The molecular weight excluding hydrogens is 1840 g/mol. The van der Waals surface area contributed by atoms with Crippen LogP contribution in [0.25, 0.3) is 132 Å². The Labute approximate surface area is 723 Å². The van der Waals surface area contributed by atoms with Gasteiger partial charge in [-0.05, 0) is 144 Å². The van der Waals surface area contributed by atoms with Gasteiger partial charge in [0.15, 0.2) is 93.1 Å². The quantitative estimate of drug-likeness (QED) is 0.0164.